The third-order valence-electron chi connectivity index (χ3n) is 19.2. The minimum atomic E-state index is 0.569. The first-order valence-corrected chi connectivity index (χ1v) is 31.0. The number of fused-ring (bicyclic) bond motifs is 19. The summed E-state index contributed by atoms with van der Waals surface area (Å²) in [6.45, 7) is 0. The predicted molar refractivity (Wildman–Crippen MR) is 378 cm³/mol. The minimum Gasteiger partial charge on any atom is -0.455 e. The van der Waals surface area contributed by atoms with Gasteiger partial charge in [0.1, 0.15) is 17.0 Å². The van der Waals surface area contributed by atoms with E-state index in [1.165, 1.54) is 43.6 Å². The number of rotatable bonds is 7. The molecule has 0 bridgehead atoms. The molecule has 0 amide bonds. The van der Waals surface area contributed by atoms with Crippen LogP contribution in [0.15, 0.2) is 308 Å². The molecular formula is C84H50N6O. The molecule has 422 valence electrons. The second-order valence-electron chi connectivity index (χ2n) is 24.0. The van der Waals surface area contributed by atoms with Crippen molar-refractivity contribution in [2.24, 2.45) is 0 Å². The summed E-state index contributed by atoms with van der Waals surface area (Å²) >= 11 is 0. The van der Waals surface area contributed by atoms with Gasteiger partial charge in [-0.2, -0.15) is 4.98 Å². The average molecular weight is 1160 g/mol. The molecule has 0 fully saturated rings. The lowest BCUT2D eigenvalue weighted by atomic mass is 9.97. The zero-order valence-electron chi connectivity index (χ0n) is 49.0. The standard InChI is InChI=1S/C84H50N6O/c1-3-20-56(21-4-1)87-73-31-15-11-26-60(73)67-45-52(36-41-77(67)87)54-38-43-79-69(47-54)62-28-13-17-33-75(62)89(79)81-50-72(66-49-71-65-40-35-51-19-7-8-24-58(51)82(65)91-83(71)64-30-10-9-25-59(64)66)85-84(86-81)90-76-34-18-14-29-63(76)70-48-55(39-44-80(70)90)53-37-42-78-68(46-53)61-27-12-16-32-74(61)88(78)57-22-5-2-6-23-57/h1-50H. The number of para-hydroxylation sites is 6. The third-order valence-corrected chi connectivity index (χ3v) is 19.2. The van der Waals surface area contributed by atoms with Crippen LogP contribution in [0.1, 0.15) is 0 Å². The summed E-state index contributed by atoms with van der Waals surface area (Å²) in [5, 5.41) is 15.8. The fraction of sp³-hybridized carbons (Fsp3) is 0. The van der Waals surface area contributed by atoms with Gasteiger partial charge in [0.15, 0.2) is 0 Å². The topological polar surface area (TPSA) is 58.6 Å². The summed E-state index contributed by atoms with van der Waals surface area (Å²) in [5.74, 6) is 1.33. The molecular weight excluding hydrogens is 1110 g/mol. The SMILES string of the molecule is c1ccc(-n2c3ccccc3c3cc(-c4ccc5c(c4)c4ccccc4n5-c4cc(-c5cc6c7ccc8ccccc8c7oc6c6ccccc56)nc(-n5c6ccccc6c6cc(-c7ccc8c(c7)c7ccccc7n8-c7ccccc7)ccc65)n4)ccc32)cc1. The van der Waals surface area contributed by atoms with Crippen LogP contribution in [0.4, 0.5) is 0 Å². The second kappa shape index (κ2) is 19.1. The van der Waals surface area contributed by atoms with E-state index in [1.54, 1.807) is 0 Å². The van der Waals surface area contributed by atoms with Gasteiger partial charge in [-0.05, 0) is 142 Å². The largest absolute Gasteiger partial charge is 0.455 e. The number of hydrogen-bond acceptors (Lipinski definition) is 3. The van der Waals surface area contributed by atoms with E-state index in [0.717, 1.165) is 138 Å². The molecule has 0 saturated heterocycles. The normalized spacial score (nSPS) is 12.2. The number of aromatic nitrogens is 6. The van der Waals surface area contributed by atoms with Crippen LogP contribution in [0.25, 0.3) is 187 Å². The highest BCUT2D eigenvalue weighted by Crippen LogP contribution is 2.45. The van der Waals surface area contributed by atoms with Crippen LogP contribution in [-0.2, 0) is 0 Å². The molecule has 0 unspecified atom stereocenters. The summed E-state index contributed by atoms with van der Waals surface area (Å²) in [4.78, 5) is 11.6. The fourth-order valence-corrected chi connectivity index (χ4v) is 15.1. The van der Waals surface area contributed by atoms with Gasteiger partial charge in [0, 0.05) is 87.6 Å². The Hall–Kier alpha value is -12.3. The highest BCUT2D eigenvalue weighted by Gasteiger charge is 2.24. The molecule has 0 radical (unpaired) electrons. The van der Waals surface area contributed by atoms with E-state index in [2.05, 4.69) is 322 Å². The van der Waals surface area contributed by atoms with Gasteiger partial charge < -0.3 is 13.6 Å². The van der Waals surface area contributed by atoms with Crippen molar-refractivity contribution in [3.8, 4) is 56.7 Å². The lowest BCUT2D eigenvalue weighted by Gasteiger charge is -2.15. The molecule has 0 aliphatic rings. The molecule has 20 rings (SSSR count). The molecule has 6 heterocycles. The van der Waals surface area contributed by atoms with Crippen molar-refractivity contribution in [1.29, 1.82) is 0 Å². The third kappa shape index (κ3) is 7.31. The maximum absolute atomic E-state index is 6.99. The highest BCUT2D eigenvalue weighted by atomic mass is 16.3. The molecule has 7 heteroatoms. The van der Waals surface area contributed by atoms with E-state index in [-0.39, 0.29) is 0 Å². The van der Waals surface area contributed by atoms with E-state index >= 15 is 0 Å². The molecule has 14 aromatic carbocycles. The first-order valence-electron chi connectivity index (χ1n) is 31.0. The molecule has 7 nitrogen and oxygen atoms in total. The molecule has 6 aromatic heterocycles. The van der Waals surface area contributed by atoms with Crippen LogP contribution in [-0.4, -0.2) is 28.2 Å². The molecule has 91 heavy (non-hydrogen) atoms. The Kier molecular flexibility index (Phi) is 10.4. The van der Waals surface area contributed by atoms with Gasteiger partial charge in [0.05, 0.1) is 49.8 Å². The van der Waals surface area contributed by atoms with Crippen LogP contribution in [0.3, 0.4) is 0 Å². The van der Waals surface area contributed by atoms with Gasteiger partial charge in [0.2, 0.25) is 5.95 Å². The second-order valence-corrected chi connectivity index (χ2v) is 24.0. The van der Waals surface area contributed by atoms with Crippen LogP contribution in [0.5, 0.6) is 0 Å². The van der Waals surface area contributed by atoms with E-state index in [1.807, 2.05) is 0 Å². The molecule has 0 spiro atoms. The number of nitrogens with zero attached hydrogens (tertiary/aromatic N) is 6. The van der Waals surface area contributed by atoms with Gasteiger partial charge in [-0.25, -0.2) is 4.98 Å². The van der Waals surface area contributed by atoms with Gasteiger partial charge in [-0.15, -0.1) is 0 Å². The van der Waals surface area contributed by atoms with Crippen molar-refractivity contribution in [2.75, 3.05) is 0 Å². The average Bonchev–Trinajstić information content (AvgIpc) is 1.70. The maximum atomic E-state index is 6.99. The summed E-state index contributed by atoms with van der Waals surface area (Å²) in [6.07, 6.45) is 0. The summed E-state index contributed by atoms with van der Waals surface area (Å²) in [6, 6.07) is 110. The number of hydrogen-bond donors (Lipinski definition) is 0. The Labute approximate surface area is 520 Å². The molecule has 20 aromatic rings. The monoisotopic (exact) mass is 1160 g/mol. The Morgan fingerprint density at radius 3 is 1.12 bits per heavy atom. The Balaban J connectivity index is 0.810. The molecule has 0 N–H and O–H groups in total. The van der Waals surface area contributed by atoms with E-state index < -0.39 is 0 Å². The van der Waals surface area contributed by atoms with Crippen molar-refractivity contribution >= 4 is 131 Å². The Morgan fingerprint density at radius 2 is 0.604 bits per heavy atom. The lowest BCUT2D eigenvalue weighted by Crippen LogP contribution is -2.07. The van der Waals surface area contributed by atoms with Crippen molar-refractivity contribution in [3.05, 3.63) is 303 Å². The summed E-state index contributed by atoms with van der Waals surface area (Å²) in [7, 11) is 0. The van der Waals surface area contributed by atoms with E-state index in [4.69, 9.17) is 14.4 Å². The lowest BCUT2D eigenvalue weighted by molar-refractivity contribution is 0.676. The van der Waals surface area contributed by atoms with Crippen molar-refractivity contribution in [3.63, 3.8) is 0 Å². The smallest absolute Gasteiger partial charge is 0.237 e. The minimum absolute atomic E-state index is 0.569. The van der Waals surface area contributed by atoms with E-state index in [9.17, 15) is 0 Å². The Bertz CT molecular complexity index is 6160. The van der Waals surface area contributed by atoms with Gasteiger partial charge >= 0.3 is 0 Å². The summed E-state index contributed by atoms with van der Waals surface area (Å²) < 4.78 is 16.4. The Morgan fingerprint density at radius 1 is 0.231 bits per heavy atom. The van der Waals surface area contributed by atoms with Crippen LogP contribution in [0, 0.1) is 0 Å². The van der Waals surface area contributed by atoms with Crippen LogP contribution >= 0.6 is 0 Å². The van der Waals surface area contributed by atoms with Crippen LogP contribution in [0.2, 0.25) is 0 Å². The van der Waals surface area contributed by atoms with Crippen molar-refractivity contribution in [2.45, 2.75) is 0 Å². The quantitative estimate of drug-likeness (QED) is 0.160. The zero-order chi connectivity index (χ0) is 59.4. The molecule has 0 aliphatic carbocycles. The first kappa shape index (κ1) is 49.8. The zero-order valence-corrected chi connectivity index (χ0v) is 49.0. The van der Waals surface area contributed by atoms with Gasteiger partial charge in [0.25, 0.3) is 0 Å². The molecule has 0 saturated carbocycles. The molecule has 0 aliphatic heterocycles. The highest BCUT2D eigenvalue weighted by molar-refractivity contribution is 6.23. The van der Waals surface area contributed by atoms with Crippen molar-refractivity contribution in [1.82, 2.24) is 28.2 Å². The van der Waals surface area contributed by atoms with Crippen LogP contribution < -0.4 is 0 Å². The van der Waals surface area contributed by atoms with Gasteiger partial charge in [-0.3, -0.25) is 9.13 Å². The summed E-state index contributed by atoms with van der Waals surface area (Å²) in [5.41, 5.74) is 19.2. The maximum Gasteiger partial charge on any atom is 0.237 e. The number of benzene rings is 14. The fourth-order valence-electron chi connectivity index (χ4n) is 15.1. The predicted octanol–water partition coefficient (Wildman–Crippen LogP) is 22.1. The number of furan rings is 1. The van der Waals surface area contributed by atoms with Crippen molar-refractivity contribution < 1.29 is 4.42 Å². The first-order chi connectivity index (χ1) is 45.1. The van der Waals surface area contributed by atoms with E-state index in [0.29, 0.717) is 5.95 Å². The molecule has 0 atom stereocenters. The van der Waals surface area contributed by atoms with Gasteiger partial charge in [-0.1, -0.05) is 188 Å².